The van der Waals surface area contributed by atoms with Crippen molar-refractivity contribution in [3.63, 3.8) is 0 Å². The quantitative estimate of drug-likeness (QED) is 0.742. The van der Waals surface area contributed by atoms with Gasteiger partial charge in [-0.25, -0.2) is 0 Å². The normalized spacial score (nSPS) is 33.0. The standard InChI is InChI=1S/C22H26N4O2/c23-21(27)18-12-25-17(6-13-2-1-3-24-11-13)7-19(18)26-20-15-4-14-5-16(20)10-22(28,8-14)9-15/h1-3,7,11-12,14-16,20,28H,4-6,8-10H2,(H2,23,27)(H,25,26)/t14?,15-,16+,20?,22?. The summed E-state index contributed by atoms with van der Waals surface area (Å²) in [6.45, 7) is 0. The van der Waals surface area contributed by atoms with E-state index in [-0.39, 0.29) is 6.04 Å². The molecule has 4 aliphatic carbocycles. The number of nitrogens with one attached hydrogen (secondary N) is 1. The molecule has 2 heterocycles. The van der Waals surface area contributed by atoms with Crippen LogP contribution in [0.15, 0.2) is 36.8 Å². The molecule has 0 aromatic carbocycles. The minimum Gasteiger partial charge on any atom is -0.390 e. The average Bonchev–Trinajstić information content (AvgIpc) is 2.64. The highest BCUT2D eigenvalue weighted by atomic mass is 16.3. The predicted octanol–water partition coefficient (Wildman–Crippen LogP) is 2.52. The smallest absolute Gasteiger partial charge is 0.252 e. The van der Waals surface area contributed by atoms with Crippen LogP contribution in [0, 0.1) is 17.8 Å². The van der Waals surface area contributed by atoms with Crippen LogP contribution in [0.3, 0.4) is 0 Å². The van der Waals surface area contributed by atoms with Crippen LogP contribution in [0.1, 0.15) is 53.7 Å². The minimum absolute atomic E-state index is 0.281. The number of nitrogens with zero attached hydrogens (tertiary/aromatic N) is 2. The minimum atomic E-state index is -0.467. The largest absolute Gasteiger partial charge is 0.390 e. The van der Waals surface area contributed by atoms with Gasteiger partial charge >= 0.3 is 0 Å². The van der Waals surface area contributed by atoms with Gasteiger partial charge < -0.3 is 16.2 Å². The van der Waals surface area contributed by atoms with Crippen molar-refractivity contribution in [1.82, 2.24) is 9.97 Å². The Morgan fingerprint density at radius 3 is 2.68 bits per heavy atom. The number of pyridine rings is 2. The molecule has 6 rings (SSSR count). The summed E-state index contributed by atoms with van der Waals surface area (Å²) in [7, 11) is 0. The molecule has 6 nitrogen and oxygen atoms in total. The van der Waals surface area contributed by atoms with Gasteiger partial charge in [-0.2, -0.15) is 0 Å². The summed E-state index contributed by atoms with van der Waals surface area (Å²) in [5, 5.41) is 14.5. The summed E-state index contributed by atoms with van der Waals surface area (Å²) >= 11 is 0. The second-order valence-electron chi connectivity index (χ2n) is 8.99. The van der Waals surface area contributed by atoms with Crippen LogP contribution < -0.4 is 11.1 Å². The van der Waals surface area contributed by atoms with Gasteiger partial charge in [-0.05, 0) is 67.6 Å². The fourth-order valence-electron chi connectivity index (χ4n) is 6.02. The van der Waals surface area contributed by atoms with Crippen molar-refractivity contribution in [1.29, 1.82) is 0 Å². The number of hydrogen-bond acceptors (Lipinski definition) is 5. The molecule has 146 valence electrons. The highest BCUT2D eigenvalue weighted by Gasteiger charge is 2.54. The zero-order valence-electron chi connectivity index (χ0n) is 15.8. The maximum atomic E-state index is 12.0. The number of aliphatic hydroxyl groups is 1. The highest BCUT2D eigenvalue weighted by Crippen LogP contribution is 2.56. The van der Waals surface area contributed by atoms with Gasteiger partial charge in [-0.1, -0.05) is 6.07 Å². The molecule has 0 radical (unpaired) electrons. The summed E-state index contributed by atoms with van der Waals surface area (Å²) in [5.41, 5.74) is 8.31. The number of rotatable bonds is 5. The molecule has 2 aromatic rings. The van der Waals surface area contributed by atoms with Gasteiger partial charge in [0.2, 0.25) is 0 Å². The molecule has 3 unspecified atom stereocenters. The van der Waals surface area contributed by atoms with Crippen molar-refractivity contribution in [3.8, 4) is 0 Å². The Kier molecular flexibility index (Phi) is 4.12. The van der Waals surface area contributed by atoms with Crippen LogP contribution in [0.2, 0.25) is 0 Å². The Morgan fingerprint density at radius 2 is 2.04 bits per heavy atom. The first-order valence-electron chi connectivity index (χ1n) is 10.2. The lowest BCUT2D eigenvalue weighted by atomic mass is 9.52. The first-order valence-corrected chi connectivity index (χ1v) is 10.2. The summed E-state index contributed by atoms with van der Waals surface area (Å²) in [6, 6.07) is 6.16. The van der Waals surface area contributed by atoms with Crippen molar-refractivity contribution < 1.29 is 9.90 Å². The van der Waals surface area contributed by atoms with Gasteiger partial charge in [0.15, 0.2) is 0 Å². The van der Waals surface area contributed by atoms with Crippen LogP contribution in [0.5, 0.6) is 0 Å². The lowest BCUT2D eigenvalue weighted by molar-refractivity contribution is -0.129. The van der Waals surface area contributed by atoms with E-state index in [2.05, 4.69) is 15.3 Å². The molecule has 4 bridgehead atoms. The molecule has 2 aromatic heterocycles. The van der Waals surface area contributed by atoms with Gasteiger partial charge in [-0.15, -0.1) is 0 Å². The maximum Gasteiger partial charge on any atom is 0.252 e. The monoisotopic (exact) mass is 378 g/mol. The van der Waals surface area contributed by atoms with Gasteiger partial charge in [-0.3, -0.25) is 14.8 Å². The van der Waals surface area contributed by atoms with Crippen LogP contribution in [-0.2, 0) is 6.42 Å². The lowest BCUT2D eigenvalue weighted by Gasteiger charge is -2.58. The molecule has 4 fully saturated rings. The third kappa shape index (κ3) is 3.15. The van der Waals surface area contributed by atoms with E-state index in [1.165, 1.54) is 0 Å². The number of carbonyl (C=O) groups excluding carboxylic acids is 1. The van der Waals surface area contributed by atoms with E-state index >= 15 is 0 Å². The van der Waals surface area contributed by atoms with E-state index in [9.17, 15) is 9.90 Å². The third-order valence-electron chi connectivity index (χ3n) is 6.90. The first kappa shape index (κ1) is 17.6. The van der Waals surface area contributed by atoms with Crippen LogP contribution in [-0.4, -0.2) is 32.6 Å². The molecule has 4 aliphatic rings. The molecule has 4 N–H and O–H groups in total. The zero-order chi connectivity index (χ0) is 19.3. The lowest BCUT2D eigenvalue weighted by Crippen LogP contribution is -2.59. The highest BCUT2D eigenvalue weighted by molar-refractivity contribution is 5.98. The number of amides is 1. The molecule has 0 saturated heterocycles. The predicted molar refractivity (Wildman–Crippen MR) is 106 cm³/mol. The topological polar surface area (TPSA) is 101 Å². The third-order valence-corrected chi connectivity index (χ3v) is 6.90. The Balaban J connectivity index is 1.42. The zero-order valence-corrected chi connectivity index (χ0v) is 15.8. The maximum absolute atomic E-state index is 12.0. The summed E-state index contributed by atoms with van der Waals surface area (Å²) in [4.78, 5) is 20.6. The fraction of sp³-hybridized carbons (Fsp3) is 0.500. The number of hydrogen-bond donors (Lipinski definition) is 3. The molecule has 0 spiro atoms. The molecular formula is C22H26N4O2. The molecular weight excluding hydrogens is 352 g/mol. The first-order chi connectivity index (χ1) is 13.5. The Labute approximate surface area is 164 Å². The summed E-state index contributed by atoms with van der Waals surface area (Å²) in [5.74, 6) is 1.08. The SMILES string of the molecule is NC(=O)c1cnc(Cc2cccnc2)cc1NC1[C@@H]2CC3C[C@H]1CC(O)(C3)C2. The van der Waals surface area contributed by atoms with Crippen LogP contribution in [0.25, 0.3) is 0 Å². The van der Waals surface area contributed by atoms with E-state index < -0.39 is 11.5 Å². The van der Waals surface area contributed by atoms with Gasteiger partial charge in [0.25, 0.3) is 5.91 Å². The van der Waals surface area contributed by atoms with Crippen molar-refractivity contribution >= 4 is 11.6 Å². The van der Waals surface area contributed by atoms with Gasteiger partial charge in [0.05, 0.1) is 16.9 Å². The Bertz CT molecular complexity index is 885. The summed E-state index contributed by atoms with van der Waals surface area (Å²) in [6.07, 6.45) is 10.8. The van der Waals surface area contributed by atoms with E-state index in [0.717, 1.165) is 49.0 Å². The fourth-order valence-corrected chi connectivity index (χ4v) is 6.02. The average molecular weight is 378 g/mol. The molecule has 0 aliphatic heterocycles. The molecule has 28 heavy (non-hydrogen) atoms. The summed E-state index contributed by atoms with van der Waals surface area (Å²) < 4.78 is 0. The van der Waals surface area contributed by atoms with E-state index in [1.54, 1.807) is 12.4 Å². The second kappa shape index (κ2) is 6.55. The Hall–Kier alpha value is -2.47. The van der Waals surface area contributed by atoms with E-state index in [0.29, 0.717) is 29.7 Å². The molecule has 6 heteroatoms. The molecule has 4 saturated carbocycles. The Morgan fingerprint density at radius 1 is 1.25 bits per heavy atom. The van der Waals surface area contributed by atoms with Crippen molar-refractivity contribution in [2.75, 3.05) is 5.32 Å². The number of carbonyl (C=O) groups is 1. The van der Waals surface area contributed by atoms with Crippen LogP contribution in [0.4, 0.5) is 5.69 Å². The van der Waals surface area contributed by atoms with E-state index in [4.69, 9.17) is 5.73 Å². The number of primary amides is 1. The number of anilines is 1. The number of aromatic nitrogens is 2. The van der Waals surface area contributed by atoms with Crippen molar-refractivity contribution in [2.45, 2.75) is 50.2 Å². The van der Waals surface area contributed by atoms with Gasteiger partial charge in [0.1, 0.15) is 0 Å². The number of nitrogens with two attached hydrogens (primary N) is 1. The van der Waals surface area contributed by atoms with E-state index in [1.807, 2.05) is 24.4 Å². The van der Waals surface area contributed by atoms with Gasteiger partial charge in [0, 0.05) is 36.7 Å². The molecule has 1 amide bonds. The van der Waals surface area contributed by atoms with Crippen molar-refractivity contribution in [3.05, 3.63) is 53.6 Å². The van der Waals surface area contributed by atoms with Crippen molar-refractivity contribution in [2.24, 2.45) is 23.5 Å². The van der Waals surface area contributed by atoms with Crippen LogP contribution >= 0.6 is 0 Å². The molecule has 5 atom stereocenters. The second-order valence-corrected chi connectivity index (χ2v) is 8.99.